The van der Waals surface area contributed by atoms with Gasteiger partial charge in [-0.3, -0.25) is 5.32 Å². The van der Waals surface area contributed by atoms with Crippen LogP contribution in [-0.2, 0) is 11.0 Å². The number of hydrogen-bond donors (Lipinski definition) is 4. The van der Waals surface area contributed by atoms with E-state index in [1.165, 1.54) is 55.9 Å². The Labute approximate surface area is 256 Å². The summed E-state index contributed by atoms with van der Waals surface area (Å²) in [6.07, 6.45) is 8.30. The van der Waals surface area contributed by atoms with Crippen LogP contribution in [0.25, 0.3) is 0 Å². The zero-order chi connectivity index (χ0) is 32.6. The Bertz CT molecular complexity index is 1070. The summed E-state index contributed by atoms with van der Waals surface area (Å²) in [5.41, 5.74) is -1.70. The Morgan fingerprint density at radius 1 is 0.977 bits per heavy atom. The molecule has 3 atom stereocenters. The van der Waals surface area contributed by atoms with Crippen LogP contribution in [-0.4, -0.2) is 55.7 Å². The largest absolute Gasteiger partial charge is 0.480 e. The molecule has 2 amide bonds. The van der Waals surface area contributed by atoms with Gasteiger partial charge in [-0.05, 0) is 37.5 Å². The van der Waals surface area contributed by atoms with Gasteiger partial charge in [-0.15, -0.1) is 0 Å². The van der Waals surface area contributed by atoms with E-state index in [4.69, 9.17) is 5.11 Å². The maximum absolute atomic E-state index is 13.1. The number of allylic oxidation sites excluding steroid dienone is 1. The van der Waals surface area contributed by atoms with Crippen LogP contribution in [0.2, 0.25) is 0 Å². The Hall–Kier alpha value is -2.83. The molecule has 0 aliphatic rings. The van der Waals surface area contributed by atoms with Crippen molar-refractivity contribution in [2.24, 2.45) is 17.8 Å². The molecule has 9 nitrogen and oxygen atoms in total. The fourth-order valence-electron chi connectivity index (χ4n) is 4.48. The van der Waals surface area contributed by atoms with Crippen molar-refractivity contribution in [1.82, 2.24) is 15.3 Å². The molecule has 1 rings (SSSR count). The van der Waals surface area contributed by atoms with Gasteiger partial charge in [-0.1, -0.05) is 84.3 Å². The molecule has 1 aromatic heterocycles. The smallest absolute Gasteiger partial charge is 0.434 e. The van der Waals surface area contributed by atoms with Crippen LogP contribution < -0.4 is 10.6 Å². The maximum Gasteiger partial charge on any atom is 0.434 e. The highest BCUT2D eigenvalue weighted by Gasteiger charge is 2.38. The molecule has 0 aromatic carbocycles. The van der Waals surface area contributed by atoms with Crippen LogP contribution in [0.3, 0.4) is 0 Å². The molecule has 43 heavy (non-hydrogen) atoms. The predicted molar refractivity (Wildman–Crippen MR) is 163 cm³/mol. The zero-order valence-corrected chi connectivity index (χ0v) is 26.6. The first-order valence-electron chi connectivity index (χ1n) is 14.8. The van der Waals surface area contributed by atoms with E-state index in [1.54, 1.807) is 0 Å². The maximum atomic E-state index is 13.1. The number of aromatic nitrogens is 2. The number of thioether (sulfide) groups is 1. The Morgan fingerprint density at radius 2 is 1.56 bits per heavy atom. The van der Waals surface area contributed by atoms with Gasteiger partial charge in [-0.25, -0.2) is 24.4 Å². The molecule has 0 bridgehead atoms. The van der Waals surface area contributed by atoms with Crippen LogP contribution in [0.5, 0.6) is 0 Å². The van der Waals surface area contributed by atoms with E-state index in [0.717, 1.165) is 31.1 Å². The van der Waals surface area contributed by atoms with Gasteiger partial charge >= 0.3 is 24.1 Å². The number of anilines is 1. The first-order chi connectivity index (χ1) is 20.1. The molecule has 244 valence electrons. The number of aromatic carboxylic acids is 1. The number of urea groups is 1. The second kappa shape index (κ2) is 19.4. The van der Waals surface area contributed by atoms with Gasteiger partial charge in [0, 0.05) is 17.7 Å². The molecule has 1 aromatic rings. The average Bonchev–Trinajstić information content (AvgIpc) is 2.89. The first kappa shape index (κ1) is 38.2. The number of amides is 2. The van der Waals surface area contributed by atoms with Crippen molar-refractivity contribution in [2.75, 3.05) is 16.8 Å². The lowest BCUT2D eigenvalue weighted by molar-refractivity contribution is -0.141. The molecule has 13 heteroatoms. The molecule has 1 heterocycles. The number of carboxylic acids is 2. The number of rotatable bonds is 20. The van der Waals surface area contributed by atoms with Crippen molar-refractivity contribution in [1.29, 1.82) is 0 Å². The van der Waals surface area contributed by atoms with Crippen LogP contribution in [0.1, 0.15) is 108 Å². The Morgan fingerprint density at radius 3 is 2.09 bits per heavy atom. The third-order valence-corrected chi connectivity index (χ3v) is 8.06. The van der Waals surface area contributed by atoms with E-state index in [0.29, 0.717) is 17.9 Å². The Balaban J connectivity index is 2.40. The highest BCUT2D eigenvalue weighted by Crippen LogP contribution is 2.30. The van der Waals surface area contributed by atoms with Crippen molar-refractivity contribution in [3.8, 4) is 0 Å². The number of carbonyl (C=O) groups excluding carboxylic acids is 1. The SMILES string of the molecule is C/C(=C\CSC[C@H](NC(=O)Nc1ncc(C(=O)O)c(C(F)(F)F)n1)C(=O)O)CCCC(C)CCCC(C)CCCC(C)C. The molecule has 0 saturated carbocycles. The van der Waals surface area contributed by atoms with Gasteiger partial charge in [-0.2, -0.15) is 24.9 Å². The van der Waals surface area contributed by atoms with Crippen LogP contribution in [0.15, 0.2) is 17.8 Å². The second-order valence-electron chi connectivity index (χ2n) is 11.7. The first-order valence-corrected chi connectivity index (χ1v) is 16.0. The number of nitrogens with zero attached hydrogens (tertiary/aromatic N) is 2. The summed E-state index contributed by atoms with van der Waals surface area (Å²) in [5.74, 6) is -1.21. The van der Waals surface area contributed by atoms with Gasteiger partial charge in [0.15, 0.2) is 5.69 Å². The molecular formula is C30H47F3N4O5S. The van der Waals surface area contributed by atoms with Crippen molar-refractivity contribution in [2.45, 2.75) is 105 Å². The molecule has 0 fully saturated rings. The normalized spacial score (nSPS) is 14.3. The molecule has 0 spiro atoms. The Kier molecular flexibility index (Phi) is 17.3. The number of hydrogen-bond acceptors (Lipinski definition) is 6. The molecule has 0 saturated heterocycles. The van der Waals surface area contributed by atoms with Crippen molar-refractivity contribution < 1.29 is 37.8 Å². The molecule has 0 aliphatic carbocycles. The van der Waals surface area contributed by atoms with Crippen LogP contribution in [0.4, 0.5) is 23.9 Å². The lowest BCUT2D eigenvalue weighted by Crippen LogP contribution is -2.45. The number of alkyl halides is 3. The van der Waals surface area contributed by atoms with E-state index in [1.807, 2.05) is 18.3 Å². The lowest BCUT2D eigenvalue weighted by Gasteiger charge is -2.15. The highest BCUT2D eigenvalue weighted by molar-refractivity contribution is 7.99. The average molecular weight is 633 g/mol. The van der Waals surface area contributed by atoms with Gasteiger partial charge in [0.25, 0.3) is 0 Å². The van der Waals surface area contributed by atoms with Gasteiger partial charge < -0.3 is 15.5 Å². The fraction of sp³-hybridized carbons (Fsp3) is 0.700. The lowest BCUT2D eigenvalue weighted by atomic mass is 9.91. The van der Waals surface area contributed by atoms with Gasteiger partial charge in [0.2, 0.25) is 5.95 Å². The standard InChI is InChI=1S/C30H47F3N4O5S/c1-19(2)9-6-10-20(3)11-7-12-21(4)13-8-14-22(5)15-16-43-18-24(27(40)41)35-29(42)37-28-34-17-23(26(38)39)25(36-28)30(31,32)33/h15,17,19-21,24H,6-14,16,18H2,1-5H3,(H,38,39)(H,40,41)(H2,34,35,36,37,42)/b22-15+/t20?,21?,24-/m0/s1. The summed E-state index contributed by atoms with van der Waals surface area (Å²) in [7, 11) is 0. The zero-order valence-electron chi connectivity index (χ0n) is 25.8. The van der Waals surface area contributed by atoms with Crippen LogP contribution >= 0.6 is 11.8 Å². The summed E-state index contributed by atoms with van der Waals surface area (Å²) in [6, 6.07) is -2.46. The molecule has 0 aliphatic heterocycles. The molecular weight excluding hydrogens is 585 g/mol. The number of carbonyl (C=O) groups is 3. The van der Waals surface area contributed by atoms with Gasteiger partial charge in [0.05, 0.1) is 0 Å². The summed E-state index contributed by atoms with van der Waals surface area (Å²) >= 11 is 1.29. The van der Waals surface area contributed by atoms with E-state index in [9.17, 15) is 32.7 Å². The predicted octanol–water partition coefficient (Wildman–Crippen LogP) is 7.89. The minimum atomic E-state index is -5.10. The third-order valence-electron chi connectivity index (χ3n) is 7.09. The van der Waals surface area contributed by atoms with Crippen molar-refractivity contribution in [3.63, 3.8) is 0 Å². The molecule has 0 radical (unpaired) electrons. The topological polar surface area (TPSA) is 142 Å². The number of halogens is 3. The van der Waals surface area contributed by atoms with E-state index in [-0.39, 0.29) is 5.75 Å². The monoisotopic (exact) mass is 632 g/mol. The van der Waals surface area contributed by atoms with Crippen molar-refractivity contribution >= 4 is 35.7 Å². The molecule has 4 N–H and O–H groups in total. The summed E-state index contributed by atoms with van der Waals surface area (Å²) < 4.78 is 39.4. The number of aliphatic carboxylic acids is 1. The molecule has 2 unspecified atom stereocenters. The van der Waals surface area contributed by atoms with E-state index in [2.05, 4.69) is 43.0 Å². The van der Waals surface area contributed by atoms with Crippen molar-refractivity contribution in [3.05, 3.63) is 29.1 Å². The van der Waals surface area contributed by atoms with Crippen LogP contribution in [0, 0.1) is 17.8 Å². The summed E-state index contributed by atoms with van der Waals surface area (Å²) in [5, 5.41) is 22.4. The highest BCUT2D eigenvalue weighted by atomic mass is 32.2. The third kappa shape index (κ3) is 16.6. The van der Waals surface area contributed by atoms with E-state index >= 15 is 0 Å². The summed E-state index contributed by atoms with van der Waals surface area (Å²) in [6.45, 7) is 11.2. The minimum absolute atomic E-state index is 0.0199. The number of nitrogens with one attached hydrogen (secondary N) is 2. The van der Waals surface area contributed by atoms with E-state index < -0.39 is 47.4 Å². The fourth-order valence-corrected chi connectivity index (χ4v) is 5.48. The van der Waals surface area contributed by atoms with Gasteiger partial charge in [0.1, 0.15) is 11.6 Å². The minimum Gasteiger partial charge on any atom is -0.480 e. The number of carboxylic acid groups (broad SMARTS) is 2. The quantitative estimate of drug-likeness (QED) is 0.0840. The summed E-state index contributed by atoms with van der Waals surface area (Å²) in [4.78, 5) is 41.3. The second-order valence-corrected chi connectivity index (χ2v) is 12.8.